The molecular weight excluding hydrogens is 274 g/mol. The van der Waals surface area contributed by atoms with Crippen LogP contribution in [0.3, 0.4) is 0 Å². The van der Waals surface area contributed by atoms with E-state index < -0.39 is 6.41 Å². The molecule has 7 nitrogen and oxygen atoms in total. The average Bonchev–Trinajstić information content (AvgIpc) is 2.89. The smallest absolute Gasteiger partial charge is 0.319 e. The molecule has 3 rings (SSSR count). The van der Waals surface area contributed by atoms with Crippen LogP contribution in [0.5, 0.6) is 11.5 Å². The molecule has 112 valence electrons. The number of aryl methyl sites for hydroxylation is 2. The fourth-order valence-electron chi connectivity index (χ4n) is 2.40. The van der Waals surface area contributed by atoms with Gasteiger partial charge in [-0.2, -0.15) is 0 Å². The summed E-state index contributed by atoms with van der Waals surface area (Å²) in [5, 5.41) is 10.7. The minimum Gasteiger partial charge on any atom is -0.454 e. The number of hydrogen-bond acceptors (Lipinski definition) is 6. The van der Waals surface area contributed by atoms with Crippen LogP contribution in [0.4, 0.5) is 0 Å². The zero-order chi connectivity index (χ0) is 15.0. The first-order chi connectivity index (χ1) is 10.1. The molecule has 0 amide bonds. The monoisotopic (exact) mass is 292 g/mol. The Kier molecular flexibility index (Phi) is 3.52. The summed E-state index contributed by atoms with van der Waals surface area (Å²) in [5.74, 6) is 2.11. The van der Waals surface area contributed by atoms with Gasteiger partial charge in [0.15, 0.2) is 17.0 Å². The third kappa shape index (κ3) is 2.45. The summed E-state index contributed by atoms with van der Waals surface area (Å²) in [6.45, 7) is 6.24. The normalized spacial score (nSPS) is 14.5. The van der Waals surface area contributed by atoms with Crippen molar-refractivity contribution in [3.63, 3.8) is 0 Å². The van der Waals surface area contributed by atoms with E-state index in [-0.39, 0.29) is 6.79 Å². The van der Waals surface area contributed by atoms with E-state index in [4.69, 9.17) is 14.2 Å². The van der Waals surface area contributed by atoms with Gasteiger partial charge in [-0.15, -0.1) is 4.68 Å². The predicted molar refractivity (Wildman–Crippen MR) is 74.5 cm³/mol. The van der Waals surface area contributed by atoms with E-state index in [9.17, 15) is 5.11 Å². The largest absolute Gasteiger partial charge is 0.454 e. The molecule has 0 aliphatic carbocycles. The Balaban J connectivity index is 2.07. The van der Waals surface area contributed by atoms with Crippen LogP contribution in [0.2, 0.25) is 0 Å². The van der Waals surface area contributed by atoms with E-state index in [2.05, 4.69) is 10.4 Å². The standard InChI is InChI=1S/C14H18N3O4/c1-4-19-14(18)16-17-8(2)10-5-12-13(21-7-20-12)6-11(10)15-9(17)3/h5-6,14,16,18H,4,7H2,1-3H3/q+1. The van der Waals surface area contributed by atoms with Gasteiger partial charge in [-0.05, 0) is 18.0 Å². The Hall–Kier alpha value is -2.12. The molecule has 1 atom stereocenters. The molecule has 1 aromatic heterocycles. The summed E-state index contributed by atoms with van der Waals surface area (Å²) in [5.41, 5.74) is 4.57. The zero-order valence-corrected chi connectivity index (χ0v) is 12.2. The van der Waals surface area contributed by atoms with Gasteiger partial charge < -0.3 is 19.3 Å². The molecule has 1 aliphatic heterocycles. The molecule has 0 saturated carbocycles. The Labute approximate surface area is 122 Å². The lowest BCUT2D eigenvalue weighted by molar-refractivity contribution is -0.677. The molecular formula is C14H18N3O4+. The maximum atomic E-state index is 9.75. The van der Waals surface area contributed by atoms with Crippen LogP contribution in [0.15, 0.2) is 12.1 Å². The number of nitrogens with one attached hydrogen (secondary N) is 1. The van der Waals surface area contributed by atoms with Gasteiger partial charge in [0.1, 0.15) is 5.69 Å². The van der Waals surface area contributed by atoms with Gasteiger partial charge in [-0.25, -0.2) is 5.43 Å². The molecule has 1 aromatic carbocycles. The molecule has 2 heterocycles. The highest BCUT2D eigenvalue weighted by Crippen LogP contribution is 2.35. The third-order valence-corrected chi connectivity index (χ3v) is 3.39. The maximum Gasteiger partial charge on any atom is 0.319 e. The van der Waals surface area contributed by atoms with E-state index in [0.717, 1.165) is 16.6 Å². The second-order valence-electron chi connectivity index (χ2n) is 4.74. The number of aliphatic hydroxyl groups is 1. The fraction of sp³-hybridized carbons (Fsp3) is 0.429. The first-order valence-corrected chi connectivity index (χ1v) is 6.79. The zero-order valence-electron chi connectivity index (χ0n) is 12.2. The molecule has 0 fully saturated rings. The SMILES string of the molecule is CCOC(O)N[n+]1c(C)nc2cc3c(cc2c1C)OCO3. The molecule has 0 spiro atoms. The van der Waals surface area contributed by atoms with Gasteiger partial charge in [0, 0.05) is 26.5 Å². The van der Waals surface area contributed by atoms with Gasteiger partial charge in [-0.3, -0.25) is 0 Å². The molecule has 2 N–H and O–H groups in total. The predicted octanol–water partition coefficient (Wildman–Crippen LogP) is 0.724. The van der Waals surface area contributed by atoms with Crippen LogP contribution >= 0.6 is 0 Å². The summed E-state index contributed by atoms with van der Waals surface area (Å²) in [6.07, 6.45) is -1.09. The van der Waals surface area contributed by atoms with Crippen molar-refractivity contribution in [3.8, 4) is 11.5 Å². The van der Waals surface area contributed by atoms with Crippen LogP contribution in [-0.2, 0) is 4.74 Å². The Morgan fingerprint density at radius 3 is 2.81 bits per heavy atom. The van der Waals surface area contributed by atoms with Gasteiger partial charge in [0.2, 0.25) is 6.79 Å². The molecule has 1 aliphatic rings. The van der Waals surface area contributed by atoms with Gasteiger partial charge >= 0.3 is 5.82 Å². The van der Waals surface area contributed by atoms with Gasteiger partial charge in [-0.1, -0.05) is 0 Å². The molecule has 21 heavy (non-hydrogen) atoms. The summed E-state index contributed by atoms with van der Waals surface area (Å²) >= 11 is 0. The van der Waals surface area contributed by atoms with Gasteiger partial charge in [0.25, 0.3) is 6.41 Å². The van der Waals surface area contributed by atoms with Crippen molar-refractivity contribution in [2.45, 2.75) is 27.2 Å². The number of hydrogen-bond donors (Lipinski definition) is 2. The Morgan fingerprint density at radius 1 is 1.38 bits per heavy atom. The Morgan fingerprint density at radius 2 is 2.10 bits per heavy atom. The number of nitrogens with zero attached hydrogens (tertiary/aromatic N) is 2. The van der Waals surface area contributed by atoms with Crippen molar-refractivity contribution in [1.29, 1.82) is 0 Å². The minimum atomic E-state index is -1.09. The van der Waals surface area contributed by atoms with E-state index >= 15 is 0 Å². The molecule has 0 saturated heterocycles. The van der Waals surface area contributed by atoms with Crippen molar-refractivity contribution in [3.05, 3.63) is 23.7 Å². The number of rotatable bonds is 4. The number of ether oxygens (including phenoxy) is 3. The first kappa shape index (κ1) is 13.8. The Bertz CT molecular complexity index is 690. The summed E-state index contributed by atoms with van der Waals surface area (Å²) in [4.78, 5) is 4.53. The fourth-order valence-corrected chi connectivity index (χ4v) is 2.40. The topological polar surface area (TPSA) is 76.7 Å². The highest BCUT2D eigenvalue weighted by Gasteiger charge is 2.23. The number of fused-ring (bicyclic) bond motifs is 2. The summed E-state index contributed by atoms with van der Waals surface area (Å²) in [7, 11) is 0. The molecule has 1 unspecified atom stereocenters. The van der Waals surface area contributed by atoms with E-state index in [1.165, 1.54) is 0 Å². The van der Waals surface area contributed by atoms with Crippen LogP contribution in [0, 0.1) is 13.8 Å². The van der Waals surface area contributed by atoms with Crippen LogP contribution in [-0.4, -0.2) is 29.9 Å². The highest BCUT2D eigenvalue weighted by molar-refractivity contribution is 5.84. The minimum absolute atomic E-state index is 0.227. The highest BCUT2D eigenvalue weighted by atomic mass is 16.7. The van der Waals surface area contributed by atoms with Crippen LogP contribution < -0.4 is 19.6 Å². The number of benzene rings is 1. The number of aliphatic hydroxyl groups excluding tert-OH is 1. The second-order valence-corrected chi connectivity index (χ2v) is 4.74. The maximum absolute atomic E-state index is 9.75. The van der Waals surface area contributed by atoms with E-state index in [1.54, 1.807) is 4.68 Å². The van der Waals surface area contributed by atoms with Gasteiger partial charge in [0.05, 0.1) is 5.39 Å². The van der Waals surface area contributed by atoms with Crippen molar-refractivity contribution >= 4 is 10.9 Å². The van der Waals surface area contributed by atoms with Crippen molar-refractivity contribution in [2.24, 2.45) is 0 Å². The second kappa shape index (κ2) is 5.34. The van der Waals surface area contributed by atoms with Crippen molar-refractivity contribution in [2.75, 3.05) is 18.8 Å². The van der Waals surface area contributed by atoms with Crippen molar-refractivity contribution in [1.82, 2.24) is 4.98 Å². The molecule has 0 bridgehead atoms. The lowest BCUT2D eigenvalue weighted by atomic mass is 10.1. The van der Waals surface area contributed by atoms with Crippen molar-refractivity contribution < 1.29 is 24.0 Å². The lowest BCUT2D eigenvalue weighted by Gasteiger charge is -2.14. The first-order valence-electron chi connectivity index (χ1n) is 6.79. The average molecular weight is 292 g/mol. The molecule has 0 radical (unpaired) electrons. The quantitative estimate of drug-likeness (QED) is 0.639. The lowest BCUT2D eigenvalue weighted by Crippen LogP contribution is -2.55. The van der Waals surface area contributed by atoms with Crippen LogP contribution in [0.1, 0.15) is 18.4 Å². The van der Waals surface area contributed by atoms with E-state index in [1.807, 2.05) is 32.9 Å². The number of aromatic nitrogens is 2. The molecule has 2 aromatic rings. The third-order valence-electron chi connectivity index (χ3n) is 3.39. The molecule has 7 heteroatoms. The summed E-state index contributed by atoms with van der Waals surface area (Å²) in [6, 6.07) is 3.76. The summed E-state index contributed by atoms with van der Waals surface area (Å²) < 4.78 is 17.6. The van der Waals surface area contributed by atoms with E-state index in [0.29, 0.717) is 23.9 Å². The van der Waals surface area contributed by atoms with Crippen LogP contribution in [0.25, 0.3) is 10.9 Å².